The van der Waals surface area contributed by atoms with Crippen LogP contribution < -0.4 is 9.47 Å². The van der Waals surface area contributed by atoms with Crippen LogP contribution in [0.1, 0.15) is 12.5 Å². The van der Waals surface area contributed by atoms with Gasteiger partial charge < -0.3 is 18.9 Å². The molecule has 6 heteroatoms. The molecule has 0 aliphatic carbocycles. The molecule has 0 saturated carbocycles. The van der Waals surface area contributed by atoms with Crippen molar-refractivity contribution in [2.45, 2.75) is 13.3 Å². The van der Waals surface area contributed by atoms with E-state index in [9.17, 15) is 9.59 Å². The van der Waals surface area contributed by atoms with E-state index in [1.807, 2.05) is 12.1 Å². The molecular formula is C13H14O6. The molecule has 0 bridgehead atoms. The van der Waals surface area contributed by atoms with Gasteiger partial charge in [-0.2, -0.15) is 0 Å². The molecule has 0 amide bonds. The molecule has 0 unspecified atom stereocenters. The SMILES string of the molecule is CCOC(=O)C(=O)OCCc1ccc2c(c1)OCO2. The number of esters is 2. The van der Waals surface area contributed by atoms with E-state index in [0.29, 0.717) is 17.9 Å². The summed E-state index contributed by atoms with van der Waals surface area (Å²) in [5.41, 5.74) is 0.931. The van der Waals surface area contributed by atoms with E-state index in [2.05, 4.69) is 4.74 Å². The number of hydrogen-bond donors (Lipinski definition) is 0. The average molecular weight is 266 g/mol. The highest BCUT2D eigenvalue weighted by Gasteiger charge is 2.17. The Labute approximate surface area is 110 Å². The molecule has 0 fully saturated rings. The highest BCUT2D eigenvalue weighted by atomic mass is 16.7. The van der Waals surface area contributed by atoms with Crippen LogP contribution in [0.25, 0.3) is 0 Å². The first-order valence-electron chi connectivity index (χ1n) is 5.93. The second-order valence-corrected chi connectivity index (χ2v) is 3.79. The lowest BCUT2D eigenvalue weighted by atomic mass is 10.1. The van der Waals surface area contributed by atoms with E-state index in [0.717, 1.165) is 5.56 Å². The van der Waals surface area contributed by atoms with Crippen molar-refractivity contribution in [3.8, 4) is 11.5 Å². The third-order valence-corrected chi connectivity index (χ3v) is 2.50. The Kier molecular flexibility index (Phi) is 4.22. The van der Waals surface area contributed by atoms with Crippen molar-refractivity contribution in [2.75, 3.05) is 20.0 Å². The zero-order chi connectivity index (χ0) is 13.7. The van der Waals surface area contributed by atoms with E-state index in [4.69, 9.17) is 14.2 Å². The highest BCUT2D eigenvalue weighted by molar-refractivity contribution is 6.29. The van der Waals surface area contributed by atoms with E-state index in [1.165, 1.54) is 0 Å². The van der Waals surface area contributed by atoms with Crippen LogP contribution in [-0.2, 0) is 25.5 Å². The summed E-state index contributed by atoms with van der Waals surface area (Å²) < 4.78 is 19.7. The van der Waals surface area contributed by atoms with Crippen LogP contribution in [0.2, 0.25) is 0 Å². The Morgan fingerprint density at radius 2 is 1.89 bits per heavy atom. The van der Waals surface area contributed by atoms with Gasteiger partial charge in [0.25, 0.3) is 0 Å². The molecule has 0 saturated heterocycles. The van der Waals surface area contributed by atoms with E-state index in [-0.39, 0.29) is 20.0 Å². The molecule has 1 aromatic carbocycles. The van der Waals surface area contributed by atoms with Crippen LogP contribution >= 0.6 is 0 Å². The lowest BCUT2D eigenvalue weighted by Gasteiger charge is -2.05. The monoisotopic (exact) mass is 266 g/mol. The third kappa shape index (κ3) is 3.37. The Bertz CT molecular complexity index is 482. The molecule has 102 valence electrons. The molecule has 1 aromatic rings. The van der Waals surface area contributed by atoms with Gasteiger partial charge in [0.15, 0.2) is 11.5 Å². The summed E-state index contributed by atoms with van der Waals surface area (Å²) in [4.78, 5) is 22.2. The minimum atomic E-state index is -0.970. The summed E-state index contributed by atoms with van der Waals surface area (Å²) in [6.07, 6.45) is 0.488. The Balaban J connectivity index is 1.80. The topological polar surface area (TPSA) is 71.1 Å². The third-order valence-electron chi connectivity index (χ3n) is 2.50. The molecule has 0 N–H and O–H groups in total. The zero-order valence-corrected chi connectivity index (χ0v) is 10.5. The average Bonchev–Trinajstić information content (AvgIpc) is 2.86. The smallest absolute Gasteiger partial charge is 0.417 e. The van der Waals surface area contributed by atoms with Crippen molar-refractivity contribution in [3.05, 3.63) is 23.8 Å². The normalized spacial score (nSPS) is 12.1. The molecule has 1 heterocycles. The van der Waals surface area contributed by atoms with Crippen LogP contribution in [0.5, 0.6) is 11.5 Å². The number of rotatable bonds is 4. The molecule has 19 heavy (non-hydrogen) atoms. The number of carbonyl (C=O) groups is 2. The molecule has 6 nitrogen and oxygen atoms in total. The largest absolute Gasteiger partial charge is 0.458 e. The fraction of sp³-hybridized carbons (Fsp3) is 0.385. The zero-order valence-electron chi connectivity index (χ0n) is 10.5. The predicted octanol–water partition coefficient (Wildman–Crippen LogP) is 1.06. The van der Waals surface area contributed by atoms with Crippen LogP contribution in [0.4, 0.5) is 0 Å². The minimum absolute atomic E-state index is 0.108. The van der Waals surface area contributed by atoms with Crippen molar-refractivity contribution < 1.29 is 28.5 Å². The molecule has 1 aliphatic rings. The first-order valence-corrected chi connectivity index (χ1v) is 5.93. The fourth-order valence-electron chi connectivity index (χ4n) is 1.61. The lowest BCUT2D eigenvalue weighted by molar-refractivity contribution is -0.167. The Morgan fingerprint density at radius 3 is 2.68 bits per heavy atom. The van der Waals surface area contributed by atoms with Gasteiger partial charge in [-0.15, -0.1) is 0 Å². The molecule has 2 rings (SSSR count). The van der Waals surface area contributed by atoms with Crippen LogP contribution in [0, 0.1) is 0 Å². The number of benzene rings is 1. The van der Waals surface area contributed by atoms with Gasteiger partial charge in [-0.05, 0) is 24.6 Å². The van der Waals surface area contributed by atoms with Crippen LogP contribution in [-0.4, -0.2) is 31.9 Å². The lowest BCUT2D eigenvalue weighted by Crippen LogP contribution is -2.21. The van der Waals surface area contributed by atoms with Gasteiger partial charge in [0.2, 0.25) is 6.79 Å². The van der Waals surface area contributed by atoms with Gasteiger partial charge in [-0.3, -0.25) is 0 Å². The van der Waals surface area contributed by atoms with Crippen molar-refractivity contribution in [2.24, 2.45) is 0 Å². The minimum Gasteiger partial charge on any atom is -0.458 e. The van der Waals surface area contributed by atoms with E-state index < -0.39 is 11.9 Å². The number of ether oxygens (including phenoxy) is 4. The maximum Gasteiger partial charge on any atom is 0.417 e. The summed E-state index contributed by atoms with van der Waals surface area (Å²) >= 11 is 0. The van der Waals surface area contributed by atoms with E-state index >= 15 is 0 Å². The van der Waals surface area contributed by atoms with Gasteiger partial charge in [-0.25, -0.2) is 9.59 Å². The van der Waals surface area contributed by atoms with Crippen LogP contribution in [0.15, 0.2) is 18.2 Å². The molecule has 0 spiro atoms. The molecule has 0 radical (unpaired) electrons. The first kappa shape index (κ1) is 13.2. The molecular weight excluding hydrogens is 252 g/mol. The van der Waals surface area contributed by atoms with Gasteiger partial charge >= 0.3 is 11.9 Å². The van der Waals surface area contributed by atoms with Crippen molar-refractivity contribution in [1.29, 1.82) is 0 Å². The number of hydrogen-bond acceptors (Lipinski definition) is 6. The summed E-state index contributed by atoms with van der Waals surface area (Å²) in [6, 6.07) is 5.47. The second-order valence-electron chi connectivity index (χ2n) is 3.79. The standard InChI is InChI=1S/C13H14O6/c1-2-16-12(14)13(15)17-6-5-9-3-4-10-11(7-9)19-8-18-10/h3-4,7H,2,5-6,8H2,1H3. The molecule has 0 aromatic heterocycles. The van der Waals surface area contributed by atoms with Crippen molar-refractivity contribution in [1.82, 2.24) is 0 Å². The maximum atomic E-state index is 11.2. The van der Waals surface area contributed by atoms with Gasteiger partial charge in [0.1, 0.15) is 0 Å². The molecule has 0 atom stereocenters. The first-order chi connectivity index (χ1) is 9.20. The summed E-state index contributed by atoms with van der Waals surface area (Å²) in [6.45, 7) is 2.10. The molecule has 1 aliphatic heterocycles. The van der Waals surface area contributed by atoms with Crippen LogP contribution in [0.3, 0.4) is 0 Å². The Morgan fingerprint density at radius 1 is 1.16 bits per heavy atom. The van der Waals surface area contributed by atoms with Gasteiger partial charge in [-0.1, -0.05) is 6.07 Å². The summed E-state index contributed by atoms with van der Waals surface area (Å²) in [7, 11) is 0. The van der Waals surface area contributed by atoms with Crippen molar-refractivity contribution >= 4 is 11.9 Å². The van der Waals surface area contributed by atoms with E-state index in [1.54, 1.807) is 13.0 Å². The van der Waals surface area contributed by atoms with Gasteiger partial charge in [0, 0.05) is 6.42 Å². The summed E-state index contributed by atoms with van der Waals surface area (Å²) in [5, 5.41) is 0. The second kappa shape index (κ2) is 6.08. The highest BCUT2D eigenvalue weighted by Crippen LogP contribution is 2.32. The summed E-state index contributed by atoms with van der Waals surface area (Å²) in [5.74, 6) is -0.558. The quantitative estimate of drug-likeness (QED) is 0.599. The number of carbonyl (C=O) groups excluding carboxylic acids is 2. The Hall–Kier alpha value is -2.24. The predicted molar refractivity (Wildman–Crippen MR) is 63.9 cm³/mol. The van der Waals surface area contributed by atoms with Gasteiger partial charge in [0.05, 0.1) is 13.2 Å². The number of fused-ring (bicyclic) bond motifs is 1. The fourth-order valence-corrected chi connectivity index (χ4v) is 1.61. The maximum absolute atomic E-state index is 11.2. The van der Waals surface area contributed by atoms with Crippen molar-refractivity contribution in [3.63, 3.8) is 0 Å².